The van der Waals surface area contributed by atoms with Crippen molar-refractivity contribution in [2.45, 2.75) is 26.5 Å². The van der Waals surface area contributed by atoms with E-state index in [-0.39, 0.29) is 19.0 Å². The molecule has 0 aliphatic heterocycles. The Hall–Kier alpha value is -3.77. The maximum atomic E-state index is 11.9. The Morgan fingerprint density at radius 2 is 1.84 bits per heavy atom. The van der Waals surface area contributed by atoms with Crippen LogP contribution in [0, 0.1) is 0 Å². The number of benzene rings is 3. The molecule has 32 heavy (non-hydrogen) atoms. The molecule has 0 radical (unpaired) electrons. The predicted octanol–water partition coefficient (Wildman–Crippen LogP) is 4.83. The largest absolute Gasteiger partial charge is 0.485 e. The van der Waals surface area contributed by atoms with Gasteiger partial charge < -0.3 is 25.4 Å². The molecule has 0 spiro atoms. The summed E-state index contributed by atoms with van der Waals surface area (Å²) >= 11 is 0. The summed E-state index contributed by atoms with van der Waals surface area (Å²) < 4.78 is 17.0. The van der Waals surface area contributed by atoms with Crippen LogP contribution in [0.25, 0.3) is 22.1 Å². The number of nitrogens with two attached hydrogens (primary N) is 2. The Morgan fingerprint density at radius 3 is 2.66 bits per heavy atom. The van der Waals surface area contributed by atoms with Gasteiger partial charge in [-0.25, -0.2) is 0 Å². The SMILES string of the molecule is CCOC(=O)Cc1ccccc1OCc1cc2cc(-c3cccc(CN)c3)cc(N)c2o1. The number of carbonyl (C=O) groups is 1. The van der Waals surface area contributed by atoms with Crippen molar-refractivity contribution in [3.63, 3.8) is 0 Å². The molecule has 0 fully saturated rings. The molecule has 4 aromatic rings. The number of furan rings is 1. The van der Waals surface area contributed by atoms with Crippen molar-refractivity contribution in [1.82, 2.24) is 0 Å². The quantitative estimate of drug-likeness (QED) is 0.307. The predicted molar refractivity (Wildman–Crippen MR) is 125 cm³/mol. The normalized spacial score (nSPS) is 10.9. The van der Waals surface area contributed by atoms with E-state index in [0.717, 1.165) is 27.6 Å². The molecule has 0 saturated carbocycles. The maximum absolute atomic E-state index is 11.9. The van der Waals surface area contributed by atoms with Crippen molar-refractivity contribution in [3.8, 4) is 16.9 Å². The minimum absolute atomic E-state index is 0.155. The molecule has 0 bridgehead atoms. The van der Waals surface area contributed by atoms with Gasteiger partial charge in [-0.05, 0) is 53.9 Å². The Bertz CT molecular complexity index is 1250. The second kappa shape index (κ2) is 9.58. The molecule has 0 unspecified atom stereocenters. The summed E-state index contributed by atoms with van der Waals surface area (Å²) in [6, 6.07) is 21.4. The van der Waals surface area contributed by atoms with Gasteiger partial charge in [-0.3, -0.25) is 4.79 Å². The molecule has 0 aliphatic carbocycles. The molecule has 0 atom stereocenters. The summed E-state index contributed by atoms with van der Waals surface area (Å²) in [4.78, 5) is 11.9. The van der Waals surface area contributed by atoms with Crippen LogP contribution in [0.3, 0.4) is 0 Å². The molecule has 4 N–H and O–H groups in total. The summed E-state index contributed by atoms with van der Waals surface area (Å²) in [5.41, 5.74) is 17.1. The third kappa shape index (κ3) is 4.76. The molecule has 6 nitrogen and oxygen atoms in total. The zero-order chi connectivity index (χ0) is 22.5. The van der Waals surface area contributed by atoms with Crippen molar-refractivity contribution >= 4 is 22.6 Å². The number of fused-ring (bicyclic) bond motifs is 1. The number of carbonyl (C=O) groups excluding carboxylic acids is 1. The smallest absolute Gasteiger partial charge is 0.310 e. The summed E-state index contributed by atoms with van der Waals surface area (Å²) in [7, 11) is 0. The topological polar surface area (TPSA) is 101 Å². The second-order valence-electron chi connectivity index (χ2n) is 7.48. The van der Waals surface area contributed by atoms with Gasteiger partial charge in [-0.2, -0.15) is 0 Å². The highest BCUT2D eigenvalue weighted by molar-refractivity contribution is 5.93. The van der Waals surface area contributed by atoms with Gasteiger partial charge >= 0.3 is 5.97 Å². The summed E-state index contributed by atoms with van der Waals surface area (Å²) in [6.07, 6.45) is 0.155. The minimum atomic E-state index is -0.286. The lowest BCUT2D eigenvalue weighted by atomic mass is 10.0. The molecular formula is C26H26N2O4. The van der Waals surface area contributed by atoms with Crippen LogP contribution < -0.4 is 16.2 Å². The number of ether oxygens (including phenoxy) is 2. The van der Waals surface area contributed by atoms with Crippen LogP contribution in [0.2, 0.25) is 0 Å². The van der Waals surface area contributed by atoms with Gasteiger partial charge in [0.15, 0.2) is 5.58 Å². The van der Waals surface area contributed by atoms with Gasteiger partial charge in [0.1, 0.15) is 18.1 Å². The average Bonchev–Trinajstić information content (AvgIpc) is 3.22. The van der Waals surface area contributed by atoms with Crippen LogP contribution in [-0.2, 0) is 29.1 Å². The van der Waals surface area contributed by atoms with Crippen molar-refractivity contribution in [3.05, 3.63) is 83.6 Å². The number of anilines is 1. The molecule has 4 rings (SSSR count). The van der Waals surface area contributed by atoms with E-state index in [1.807, 2.05) is 60.7 Å². The fourth-order valence-electron chi connectivity index (χ4n) is 3.66. The Kier molecular flexibility index (Phi) is 6.42. The monoisotopic (exact) mass is 430 g/mol. The average molecular weight is 431 g/mol. The van der Waals surface area contributed by atoms with Crippen LogP contribution >= 0.6 is 0 Å². The molecule has 0 saturated heterocycles. The van der Waals surface area contributed by atoms with Crippen LogP contribution in [0.4, 0.5) is 5.69 Å². The molecule has 1 heterocycles. The number of nitrogen functional groups attached to an aromatic ring is 1. The maximum Gasteiger partial charge on any atom is 0.310 e. The van der Waals surface area contributed by atoms with Crippen LogP contribution in [0.5, 0.6) is 5.75 Å². The van der Waals surface area contributed by atoms with Crippen molar-refractivity contribution in [1.29, 1.82) is 0 Å². The second-order valence-corrected chi connectivity index (χ2v) is 7.48. The molecular weight excluding hydrogens is 404 g/mol. The highest BCUT2D eigenvalue weighted by atomic mass is 16.5. The zero-order valence-corrected chi connectivity index (χ0v) is 18.0. The van der Waals surface area contributed by atoms with Crippen LogP contribution in [0.1, 0.15) is 23.8 Å². The van der Waals surface area contributed by atoms with E-state index in [4.69, 9.17) is 25.4 Å². The molecule has 0 amide bonds. The number of hydrogen-bond donors (Lipinski definition) is 2. The molecule has 6 heteroatoms. The number of rotatable bonds is 8. The molecule has 1 aromatic heterocycles. The van der Waals surface area contributed by atoms with E-state index in [1.54, 1.807) is 6.92 Å². The fourth-order valence-corrected chi connectivity index (χ4v) is 3.66. The van der Waals surface area contributed by atoms with E-state index in [0.29, 0.717) is 35.9 Å². The number of hydrogen-bond acceptors (Lipinski definition) is 6. The van der Waals surface area contributed by atoms with Crippen molar-refractivity contribution in [2.75, 3.05) is 12.3 Å². The lowest BCUT2D eigenvalue weighted by Crippen LogP contribution is -2.09. The third-order valence-electron chi connectivity index (χ3n) is 5.17. The van der Waals surface area contributed by atoms with Gasteiger partial charge in [0.25, 0.3) is 0 Å². The Morgan fingerprint density at radius 1 is 1.00 bits per heavy atom. The molecule has 0 aliphatic rings. The van der Waals surface area contributed by atoms with Gasteiger partial charge in [0.2, 0.25) is 0 Å². The van der Waals surface area contributed by atoms with E-state index < -0.39 is 0 Å². The van der Waals surface area contributed by atoms with Crippen LogP contribution in [-0.4, -0.2) is 12.6 Å². The van der Waals surface area contributed by atoms with Crippen molar-refractivity contribution < 1.29 is 18.7 Å². The first-order chi connectivity index (χ1) is 15.6. The van der Waals surface area contributed by atoms with Crippen LogP contribution in [0.15, 0.2) is 71.1 Å². The molecule has 3 aromatic carbocycles. The van der Waals surface area contributed by atoms with E-state index in [9.17, 15) is 4.79 Å². The standard InChI is InChI=1S/C26H26N2O4/c1-2-30-25(29)14-19-7-3-4-9-24(19)31-16-22-12-21-11-20(13-23(28)26(21)32-22)18-8-5-6-17(10-18)15-27/h3-13H,2,14-16,27-28H2,1H3. The number of para-hydroxylation sites is 1. The van der Waals surface area contributed by atoms with Gasteiger partial charge in [0.05, 0.1) is 18.7 Å². The van der Waals surface area contributed by atoms with Crippen molar-refractivity contribution in [2.24, 2.45) is 5.73 Å². The fraction of sp³-hybridized carbons (Fsp3) is 0.192. The Balaban J connectivity index is 1.55. The summed E-state index contributed by atoms with van der Waals surface area (Å²) in [5.74, 6) is 0.977. The van der Waals surface area contributed by atoms with E-state index in [2.05, 4.69) is 6.07 Å². The third-order valence-corrected chi connectivity index (χ3v) is 5.17. The lowest BCUT2D eigenvalue weighted by Gasteiger charge is -2.10. The van der Waals surface area contributed by atoms with E-state index >= 15 is 0 Å². The first kappa shape index (κ1) is 21.5. The summed E-state index contributed by atoms with van der Waals surface area (Å²) in [5, 5.41) is 0.900. The summed E-state index contributed by atoms with van der Waals surface area (Å²) in [6.45, 7) is 2.83. The lowest BCUT2D eigenvalue weighted by molar-refractivity contribution is -0.142. The Labute approximate surface area is 186 Å². The van der Waals surface area contributed by atoms with E-state index in [1.165, 1.54) is 0 Å². The highest BCUT2D eigenvalue weighted by Gasteiger charge is 2.13. The zero-order valence-electron chi connectivity index (χ0n) is 18.0. The highest BCUT2D eigenvalue weighted by Crippen LogP contribution is 2.32. The minimum Gasteiger partial charge on any atom is -0.485 e. The molecule has 164 valence electrons. The van der Waals surface area contributed by atoms with Gasteiger partial charge in [-0.15, -0.1) is 0 Å². The van der Waals surface area contributed by atoms with Gasteiger partial charge in [-0.1, -0.05) is 36.4 Å². The first-order valence-corrected chi connectivity index (χ1v) is 10.5. The van der Waals surface area contributed by atoms with Gasteiger partial charge in [0, 0.05) is 17.5 Å². The number of esters is 1. The first-order valence-electron chi connectivity index (χ1n) is 10.5.